The predicted octanol–water partition coefficient (Wildman–Crippen LogP) is 4.43. The molecule has 1 N–H and O–H groups in total. The monoisotopic (exact) mass is 367 g/mol. The molecule has 2 aromatic rings. The molecule has 0 spiro atoms. The second kappa shape index (κ2) is 6.90. The highest BCUT2D eigenvalue weighted by atomic mass is 79.9. The number of nitrogens with zero attached hydrogens (tertiary/aromatic N) is 2. The van der Waals surface area contributed by atoms with E-state index in [2.05, 4.69) is 76.5 Å². The van der Waals surface area contributed by atoms with Gasteiger partial charge in [0.15, 0.2) is 0 Å². The summed E-state index contributed by atoms with van der Waals surface area (Å²) < 4.78 is 1.17. The van der Waals surface area contributed by atoms with Crippen LogP contribution in [-0.4, -0.2) is 17.6 Å². The molecule has 5 heteroatoms. The maximum atomic E-state index is 4.28. The fourth-order valence-corrected chi connectivity index (χ4v) is 3.26. The van der Waals surface area contributed by atoms with Crippen molar-refractivity contribution in [2.45, 2.75) is 39.4 Å². The number of anilines is 1. The summed E-state index contributed by atoms with van der Waals surface area (Å²) in [6.45, 7) is 8.27. The summed E-state index contributed by atoms with van der Waals surface area (Å²) in [5.41, 5.74) is 3.87. The highest BCUT2D eigenvalue weighted by Gasteiger charge is 2.13. The molecule has 0 aliphatic heterocycles. The summed E-state index contributed by atoms with van der Waals surface area (Å²) in [7, 11) is 2.11. The molecule has 2 heterocycles. The van der Waals surface area contributed by atoms with Gasteiger partial charge >= 0.3 is 0 Å². The molecule has 2 aromatic heterocycles. The molecule has 0 aromatic carbocycles. The van der Waals surface area contributed by atoms with Crippen molar-refractivity contribution >= 4 is 33.0 Å². The second-order valence-corrected chi connectivity index (χ2v) is 8.51. The van der Waals surface area contributed by atoms with E-state index in [0.717, 1.165) is 13.1 Å². The molecule has 0 aliphatic rings. The van der Waals surface area contributed by atoms with Crippen molar-refractivity contribution in [1.82, 2.24) is 10.3 Å². The van der Waals surface area contributed by atoms with Crippen LogP contribution in [0.15, 0.2) is 33.7 Å². The summed E-state index contributed by atoms with van der Waals surface area (Å²) >= 11 is 5.24. The number of hydrogen-bond donors (Lipinski definition) is 1. The third-order valence-corrected chi connectivity index (χ3v) is 4.70. The quantitative estimate of drug-likeness (QED) is 0.846. The zero-order valence-electron chi connectivity index (χ0n) is 13.0. The van der Waals surface area contributed by atoms with Gasteiger partial charge in [-0.05, 0) is 65.3 Å². The Morgan fingerprint density at radius 1 is 1.38 bits per heavy atom. The van der Waals surface area contributed by atoms with Crippen molar-refractivity contribution in [3.8, 4) is 0 Å². The molecule has 0 fully saturated rings. The van der Waals surface area contributed by atoms with Crippen molar-refractivity contribution in [3.05, 3.63) is 44.8 Å². The van der Waals surface area contributed by atoms with Gasteiger partial charge < -0.3 is 10.2 Å². The van der Waals surface area contributed by atoms with Gasteiger partial charge in [-0.15, -0.1) is 11.3 Å². The summed E-state index contributed by atoms with van der Waals surface area (Å²) in [5, 5.41) is 5.73. The van der Waals surface area contributed by atoms with Crippen molar-refractivity contribution in [1.29, 1.82) is 0 Å². The molecule has 0 amide bonds. The van der Waals surface area contributed by atoms with Crippen LogP contribution >= 0.6 is 27.3 Å². The van der Waals surface area contributed by atoms with Crippen LogP contribution < -0.4 is 10.2 Å². The maximum Gasteiger partial charge on any atom is 0.0701 e. The Labute approximate surface area is 139 Å². The zero-order chi connectivity index (χ0) is 15.5. The van der Waals surface area contributed by atoms with Crippen molar-refractivity contribution < 1.29 is 0 Å². The van der Waals surface area contributed by atoms with Gasteiger partial charge in [-0.2, -0.15) is 0 Å². The van der Waals surface area contributed by atoms with Crippen LogP contribution in [0.1, 0.15) is 31.9 Å². The lowest BCUT2D eigenvalue weighted by Crippen LogP contribution is -2.35. The van der Waals surface area contributed by atoms with E-state index in [-0.39, 0.29) is 5.54 Å². The molecule has 0 saturated carbocycles. The fraction of sp³-hybridized carbons (Fsp3) is 0.438. The van der Waals surface area contributed by atoms with Gasteiger partial charge in [0.2, 0.25) is 0 Å². The number of pyridine rings is 1. The van der Waals surface area contributed by atoms with Gasteiger partial charge in [-0.25, -0.2) is 0 Å². The molecule has 0 atom stereocenters. The highest BCUT2D eigenvalue weighted by Crippen LogP contribution is 2.25. The van der Waals surface area contributed by atoms with E-state index in [4.69, 9.17) is 0 Å². The van der Waals surface area contributed by atoms with Gasteiger partial charge in [0.05, 0.1) is 15.7 Å². The Bertz CT molecular complexity index is 589. The normalized spacial score (nSPS) is 11.7. The Balaban J connectivity index is 2.11. The minimum Gasteiger partial charge on any atom is -0.369 e. The molecule has 3 nitrogen and oxygen atoms in total. The van der Waals surface area contributed by atoms with Gasteiger partial charge in [0.25, 0.3) is 0 Å². The molecule has 0 unspecified atom stereocenters. The Morgan fingerprint density at radius 3 is 2.76 bits per heavy atom. The first-order valence-corrected chi connectivity index (χ1v) is 8.64. The number of nitrogens with one attached hydrogen (secondary N) is 1. The molecule has 114 valence electrons. The topological polar surface area (TPSA) is 28.2 Å². The van der Waals surface area contributed by atoms with E-state index >= 15 is 0 Å². The van der Waals surface area contributed by atoms with Crippen molar-refractivity contribution in [3.63, 3.8) is 0 Å². The van der Waals surface area contributed by atoms with Gasteiger partial charge in [-0.3, -0.25) is 4.98 Å². The Hall–Kier alpha value is -0.910. The van der Waals surface area contributed by atoms with E-state index in [1.807, 2.05) is 12.4 Å². The number of thiophene rings is 1. The van der Waals surface area contributed by atoms with E-state index < -0.39 is 0 Å². The lowest BCUT2D eigenvalue weighted by atomic mass is 10.1. The zero-order valence-corrected chi connectivity index (χ0v) is 15.4. The average molecular weight is 368 g/mol. The van der Waals surface area contributed by atoms with Crippen molar-refractivity contribution in [2.75, 3.05) is 11.9 Å². The van der Waals surface area contributed by atoms with Crippen LogP contribution in [0.3, 0.4) is 0 Å². The predicted molar refractivity (Wildman–Crippen MR) is 95.0 cm³/mol. The maximum absolute atomic E-state index is 4.28. The lowest BCUT2D eigenvalue weighted by molar-refractivity contribution is 0.424. The third kappa shape index (κ3) is 5.09. The van der Waals surface area contributed by atoms with Crippen LogP contribution in [-0.2, 0) is 13.1 Å². The average Bonchev–Trinajstić information content (AvgIpc) is 2.81. The number of rotatable bonds is 5. The Morgan fingerprint density at radius 2 is 2.14 bits per heavy atom. The third-order valence-electron chi connectivity index (χ3n) is 3.15. The molecule has 0 bridgehead atoms. The first-order valence-electron chi connectivity index (χ1n) is 6.97. The summed E-state index contributed by atoms with van der Waals surface area (Å²) in [6, 6.07) is 4.26. The summed E-state index contributed by atoms with van der Waals surface area (Å²) in [5.74, 6) is 0. The molecule has 21 heavy (non-hydrogen) atoms. The molecular weight excluding hydrogens is 346 g/mol. The summed E-state index contributed by atoms with van der Waals surface area (Å²) in [6.07, 6.45) is 3.80. The van der Waals surface area contributed by atoms with Crippen LogP contribution in [0.25, 0.3) is 0 Å². The molecule has 0 radical (unpaired) electrons. The molecule has 0 saturated heterocycles. The SMILES string of the molecule is CN(Cc1csc(Br)c1)c1cnccc1CNC(C)(C)C. The second-order valence-electron chi connectivity index (χ2n) is 6.22. The largest absolute Gasteiger partial charge is 0.369 e. The molecule has 0 aliphatic carbocycles. The number of hydrogen-bond acceptors (Lipinski definition) is 4. The minimum absolute atomic E-state index is 0.108. The number of aromatic nitrogens is 1. The van der Waals surface area contributed by atoms with Crippen molar-refractivity contribution in [2.24, 2.45) is 0 Å². The van der Waals surface area contributed by atoms with E-state index in [1.165, 1.54) is 20.6 Å². The Kier molecular flexibility index (Phi) is 5.41. The smallest absolute Gasteiger partial charge is 0.0701 e. The minimum atomic E-state index is 0.108. The standard InChI is InChI=1S/C16H22BrN3S/c1-16(2,3)19-8-13-5-6-18-9-14(13)20(4)10-12-7-15(17)21-11-12/h5-7,9,11,19H,8,10H2,1-4H3. The van der Waals surface area contributed by atoms with Gasteiger partial charge in [0, 0.05) is 31.9 Å². The number of halogens is 1. The molecule has 2 rings (SSSR count). The van der Waals surface area contributed by atoms with E-state index in [9.17, 15) is 0 Å². The van der Waals surface area contributed by atoms with Crippen LogP contribution in [0.4, 0.5) is 5.69 Å². The van der Waals surface area contributed by atoms with Gasteiger partial charge in [-0.1, -0.05) is 0 Å². The van der Waals surface area contributed by atoms with Crippen LogP contribution in [0.2, 0.25) is 0 Å². The van der Waals surface area contributed by atoms with Crippen LogP contribution in [0, 0.1) is 0 Å². The molecular formula is C16H22BrN3S. The first kappa shape index (κ1) is 16.5. The summed E-state index contributed by atoms with van der Waals surface area (Å²) in [4.78, 5) is 6.53. The first-order chi connectivity index (χ1) is 9.85. The van der Waals surface area contributed by atoms with E-state index in [0.29, 0.717) is 0 Å². The highest BCUT2D eigenvalue weighted by molar-refractivity contribution is 9.11. The fourth-order valence-electron chi connectivity index (χ4n) is 2.06. The van der Waals surface area contributed by atoms with Gasteiger partial charge in [0.1, 0.15) is 0 Å². The van der Waals surface area contributed by atoms with Crippen LogP contribution in [0.5, 0.6) is 0 Å². The van der Waals surface area contributed by atoms with E-state index in [1.54, 1.807) is 11.3 Å². The lowest BCUT2D eigenvalue weighted by Gasteiger charge is -2.25.